The molecule has 3 aromatic carbocycles. The summed E-state index contributed by atoms with van der Waals surface area (Å²) in [6.07, 6.45) is 2.96. The lowest BCUT2D eigenvalue weighted by molar-refractivity contribution is 0.0801. The van der Waals surface area contributed by atoms with Gasteiger partial charge in [0.15, 0.2) is 0 Å². The number of nitrogens with zero attached hydrogens (tertiary/aromatic N) is 1. The lowest BCUT2D eigenvalue weighted by Crippen LogP contribution is -2.19. The molecule has 0 saturated heterocycles. The van der Waals surface area contributed by atoms with Gasteiger partial charge >= 0.3 is 0 Å². The van der Waals surface area contributed by atoms with Gasteiger partial charge in [-0.05, 0) is 79.5 Å². The second kappa shape index (κ2) is 11.1. The first-order chi connectivity index (χ1) is 16.9. The fourth-order valence-electron chi connectivity index (χ4n) is 5.19. The highest BCUT2D eigenvalue weighted by atomic mass is 16.5. The Kier molecular flexibility index (Phi) is 7.92. The Labute approximate surface area is 210 Å². The van der Waals surface area contributed by atoms with E-state index < -0.39 is 0 Å². The molecule has 1 aliphatic carbocycles. The molecule has 0 aliphatic heterocycles. The van der Waals surface area contributed by atoms with Gasteiger partial charge in [0, 0.05) is 23.9 Å². The summed E-state index contributed by atoms with van der Waals surface area (Å²) < 4.78 is 17.8. The van der Waals surface area contributed by atoms with Gasteiger partial charge in [0.25, 0.3) is 0 Å². The number of aliphatic imine (C=N–C) groups is 1. The number of fused-ring (bicyclic) bond motifs is 1. The minimum absolute atomic E-state index is 0.174. The third-order valence-electron chi connectivity index (χ3n) is 6.69. The van der Waals surface area contributed by atoms with Crippen LogP contribution in [-0.2, 0) is 11.2 Å². The maximum Gasteiger partial charge on any atom is 0.147 e. The van der Waals surface area contributed by atoms with Crippen LogP contribution in [0.15, 0.2) is 59.6 Å². The van der Waals surface area contributed by atoms with Gasteiger partial charge in [-0.2, -0.15) is 0 Å². The smallest absolute Gasteiger partial charge is 0.147 e. The molecule has 3 aromatic rings. The molecule has 35 heavy (non-hydrogen) atoms. The van der Waals surface area contributed by atoms with Crippen LogP contribution in [0.3, 0.4) is 0 Å². The molecule has 0 heterocycles. The molecule has 4 nitrogen and oxygen atoms in total. The predicted molar refractivity (Wildman–Crippen MR) is 144 cm³/mol. The zero-order valence-electron chi connectivity index (χ0n) is 21.9. The molecule has 1 unspecified atom stereocenters. The van der Waals surface area contributed by atoms with Crippen molar-refractivity contribution >= 4 is 11.4 Å². The van der Waals surface area contributed by atoms with Crippen LogP contribution in [0.4, 0.5) is 5.69 Å². The Bertz CT molecular complexity index is 1170. The minimum atomic E-state index is -0.174. The zero-order valence-corrected chi connectivity index (χ0v) is 21.9. The molecule has 0 bridgehead atoms. The summed E-state index contributed by atoms with van der Waals surface area (Å²) in [5.74, 6) is 2.14. The van der Waals surface area contributed by atoms with Gasteiger partial charge in [-0.1, -0.05) is 50.2 Å². The number of hydrogen-bond donors (Lipinski definition) is 0. The maximum absolute atomic E-state index is 6.67. The summed E-state index contributed by atoms with van der Waals surface area (Å²) in [4.78, 5) is 5.20. The van der Waals surface area contributed by atoms with Gasteiger partial charge < -0.3 is 14.2 Å². The summed E-state index contributed by atoms with van der Waals surface area (Å²) >= 11 is 0. The SMILES string of the molecule is COCC(Oc1ccc2c(c1C(C)C)C(=Nc1cc(C)c(OC)c(C)c1)CCC2)c1ccccc1. The number of rotatable bonds is 8. The van der Waals surface area contributed by atoms with Crippen molar-refractivity contribution in [2.45, 2.75) is 59.0 Å². The first kappa shape index (κ1) is 25.0. The van der Waals surface area contributed by atoms with Crippen LogP contribution in [0.2, 0.25) is 0 Å². The topological polar surface area (TPSA) is 40.0 Å². The van der Waals surface area contributed by atoms with E-state index in [0.29, 0.717) is 12.5 Å². The van der Waals surface area contributed by atoms with Crippen LogP contribution in [0.1, 0.15) is 72.1 Å². The number of aryl methyl sites for hydroxylation is 3. The summed E-state index contributed by atoms with van der Waals surface area (Å²) in [5.41, 5.74) is 9.30. The van der Waals surface area contributed by atoms with Crippen LogP contribution in [0.25, 0.3) is 0 Å². The first-order valence-electron chi connectivity index (χ1n) is 12.5. The summed E-state index contributed by atoms with van der Waals surface area (Å²) in [5, 5.41) is 0. The van der Waals surface area contributed by atoms with E-state index in [1.165, 1.54) is 16.7 Å². The van der Waals surface area contributed by atoms with Crippen molar-refractivity contribution in [2.75, 3.05) is 20.8 Å². The van der Waals surface area contributed by atoms with Gasteiger partial charge in [-0.3, -0.25) is 4.99 Å². The molecule has 0 fully saturated rings. The van der Waals surface area contributed by atoms with Crippen LogP contribution >= 0.6 is 0 Å². The van der Waals surface area contributed by atoms with Gasteiger partial charge in [0.2, 0.25) is 0 Å². The molecular formula is C31H37NO3. The van der Waals surface area contributed by atoms with Crippen molar-refractivity contribution in [3.05, 3.63) is 88.0 Å². The highest BCUT2D eigenvalue weighted by Gasteiger charge is 2.26. The van der Waals surface area contributed by atoms with E-state index in [-0.39, 0.29) is 6.10 Å². The molecule has 4 heteroatoms. The average molecular weight is 472 g/mol. The van der Waals surface area contributed by atoms with E-state index in [2.05, 4.69) is 64.1 Å². The van der Waals surface area contributed by atoms with Crippen molar-refractivity contribution in [1.82, 2.24) is 0 Å². The molecule has 1 aliphatic rings. The fourth-order valence-corrected chi connectivity index (χ4v) is 5.19. The number of methoxy groups -OCH3 is 2. The van der Waals surface area contributed by atoms with E-state index >= 15 is 0 Å². The largest absolute Gasteiger partial charge is 0.496 e. The Morgan fingerprint density at radius 2 is 1.63 bits per heavy atom. The quantitative estimate of drug-likeness (QED) is 0.339. The second-order valence-electron chi connectivity index (χ2n) is 9.66. The zero-order chi connectivity index (χ0) is 24.9. The number of hydrogen-bond acceptors (Lipinski definition) is 4. The third kappa shape index (κ3) is 5.43. The van der Waals surface area contributed by atoms with Crippen LogP contribution in [0.5, 0.6) is 11.5 Å². The summed E-state index contributed by atoms with van der Waals surface area (Å²) in [6.45, 7) is 9.13. The van der Waals surface area contributed by atoms with Crippen molar-refractivity contribution in [3.63, 3.8) is 0 Å². The van der Waals surface area contributed by atoms with E-state index in [0.717, 1.165) is 58.9 Å². The molecule has 0 aromatic heterocycles. The van der Waals surface area contributed by atoms with E-state index in [1.54, 1.807) is 14.2 Å². The molecule has 0 radical (unpaired) electrons. The molecule has 0 spiro atoms. The lowest BCUT2D eigenvalue weighted by atomic mass is 9.82. The molecule has 4 rings (SSSR count). The van der Waals surface area contributed by atoms with Crippen molar-refractivity contribution in [2.24, 2.45) is 4.99 Å². The predicted octanol–water partition coefficient (Wildman–Crippen LogP) is 7.66. The van der Waals surface area contributed by atoms with Gasteiger partial charge in [-0.15, -0.1) is 0 Å². The lowest BCUT2D eigenvalue weighted by Gasteiger charge is -2.28. The van der Waals surface area contributed by atoms with E-state index in [4.69, 9.17) is 19.2 Å². The van der Waals surface area contributed by atoms with Crippen LogP contribution in [-0.4, -0.2) is 26.5 Å². The summed E-state index contributed by atoms with van der Waals surface area (Å²) in [7, 11) is 3.44. The molecule has 0 amide bonds. The highest BCUT2D eigenvalue weighted by molar-refractivity contribution is 6.06. The van der Waals surface area contributed by atoms with Crippen molar-refractivity contribution in [3.8, 4) is 11.5 Å². The van der Waals surface area contributed by atoms with Gasteiger partial charge in [-0.25, -0.2) is 0 Å². The van der Waals surface area contributed by atoms with Gasteiger partial charge in [0.05, 0.1) is 19.4 Å². The molecule has 1 atom stereocenters. The standard InChI is InChI=1S/C31H37NO3/c1-20(2)29-27(35-28(19-33-5)23-11-8-7-9-12-23)16-15-24-13-10-14-26(30(24)29)32-25-17-21(3)31(34-6)22(4)18-25/h7-9,11-12,15-18,20,28H,10,13-14,19H2,1-6H3. The summed E-state index contributed by atoms with van der Waals surface area (Å²) in [6, 6.07) is 18.9. The third-order valence-corrected chi connectivity index (χ3v) is 6.69. The van der Waals surface area contributed by atoms with Gasteiger partial charge in [0.1, 0.15) is 17.6 Å². The Hall–Kier alpha value is -3.11. The fraction of sp³-hybridized carbons (Fsp3) is 0.387. The Balaban J connectivity index is 1.80. The molecule has 184 valence electrons. The van der Waals surface area contributed by atoms with Crippen molar-refractivity contribution < 1.29 is 14.2 Å². The average Bonchev–Trinajstić information content (AvgIpc) is 2.84. The molecular weight excluding hydrogens is 434 g/mol. The number of benzene rings is 3. The van der Waals surface area contributed by atoms with Crippen LogP contribution in [0, 0.1) is 13.8 Å². The maximum atomic E-state index is 6.67. The van der Waals surface area contributed by atoms with Crippen molar-refractivity contribution in [1.29, 1.82) is 0 Å². The van der Waals surface area contributed by atoms with E-state index in [9.17, 15) is 0 Å². The first-order valence-corrected chi connectivity index (χ1v) is 12.5. The molecule has 0 saturated carbocycles. The Morgan fingerprint density at radius 3 is 2.26 bits per heavy atom. The minimum Gasteiger partial charge on any atom is -0.496 e. The number of ether oxygens (including phenoxy) is 3. The van der Waals surface area contributed by atoms with Crippen LogP contribution < -0.4 is 9.47 Å². The van der Waals surface area contributed by atoms with E-state index in [1.807, 2.05) is 18.2 Å². The molecule has 0 N–H and O–H groups in total. The normalized spacial score (nSPS) is 15.2. The highest BCUT2D eigenvalue weighted by Crippen LogP contribution is 2.39. The second-order valence-corrected chi connectivity index (χ2v) is 9.66. The monoisotopic (exact) mass is 471 g/mol. The Morgan fingerprint density at radius 1 is 0.914 bits per heavy atom.